The molecule has 2 fully saturated rings. The number of nitrogens with one attached hydrogen (secondary N) is 2. The van der Waals surface area contributed by atoms with Gasteiger partial charge in [0.05, 0.1) is 33.4 Å². The molecular weight excluding hydrogens is 762 g/mol. The highest BCUT2D eigenvalue weighted by Gasteiger charge is 2.27. The smallest absolute Gasteiger partial charge is 0.335 e. The number of hydrogen-bond donors (Lipinski definition) is 3. The lowest BCUT2D eigenvalue weighted by molar-refractivity contribution is -0.113. The Morgan fingerprint density at radius 1 is 0.804 bits per heavy atom. The maximum Gasteiger partial charge on any atom is 0.335 e. The molecule has 10 nitrogen and oxygen atoms in total. The van der Waals surface area contributed by atoms with Gasteiger partial charge >= 0.3 is 5.97 Å². The Morgan fingerprint density at radius 3 is 1.86 bits per heavy atom. The van der Waals surface area contributed by atoms with Crippen molar-refractivity contribution < 1.29 is 14.7 Å². The normalized spacial score (nSPS) is 13.3. The summed E-state index contributed by atoms with van der Waals surface area (Å²) in [7, 11) is 0. The summed E-state index contributed by atoms with van der Waals surface area (Å²) in [6, 6.07) is 29.9. The van der Waals surface area contributed by atoms with Crippen molar-refractivity contribution in [3.63, 3.8) is 0 Å². The van der Waals surface area contributed by atoms with Crippen LogP contribution in [-0.4, -0.2) is 52.3 Å². The fourth-order valence-electron chi connectivity index (χ4n) is 6.94. The number of aryl methyl sites for hydroxylation is 2. The highest BCUT2D eigenvalue weighted by atomic mass is 35.5. The number of halogens is 1. The number of H-pyrrole nitrogens is 1. The second-order valence-corrected chi connectivity index (χ2v) is 15.3. The molecule has 0 bridgehead atoms. The zero-order valence-electron chi connectivity index (χ0n) is 29.5. The molecule has 9 rings (SSSR count). The van der Waals surface area contributed by atoms with Gasteiger partial charge in [0, 0.05) is 10.8 Å². The summed E-state index contributed by atoms with van der Waals surface area (Å²) in [5.41, 5.74) is 5.36. The van der Waals surface area contributed by atoms with Crippen LogP contribution in [0.25, 0.3) is 32.9 Å². The molecule has 0 atom stereocenters. The lowest BCUT2D eigenvalue weighted by Gasteiger charge is -2.14. The number of fused-ring (bicyclic) bond motifs is 2. The van der Waals surface area contributed by atoms with Crippen molar-refractivity contribution >= 4 is 74.7 Å². The van der Waals surface area contributed by atoms with Crippen molar-refractivity contribution in [2.24, 2.45) is 0 Å². The van der Waals surface area contributed by atoms with E-state index in [1.807, 2.05) is 29.0 Å². The van der Waals surface area contributed by atoms with Gasteiger partial charge < -0.3 is 10.4 Å². The van der Waals surface area contributed by atoms with Crippen LogP contribution in [0.4, 0.5) is 5.69 Å². The van der Waals surface area contributed by atoms with E-state index in [1.54, 1.807) is 0 Å². The van der Waals surface area contributed by atoms with Crippen molar-refractivity contribution in [1.82, 2.24) is 29.5 Å². The van der Waals surface area contributed by atoms with Gasteiger partial charge in [-0.3, -0.25) is 19.0 Å². The molecule has 2 saturated carbocycles. The lowest BCUT2D eigenvalue weighted by Crippen LogP contribution is -2.15. The van der Waals surface area contributed by atoms with Crippen molar-refractivity contribution in [3.05, 3.63) is 129 Å². The van der Waals surface area contributed by atoms with Gasteiger partial charge in [0.2, 0.25) is 5.91 Å². The van der Waals surface area contributed by atoms with Crippen LogP contribution in [0, 0.1) is 18.6 Å². The zero-order valence-corrected chi connectivity index (χ0v) is 31.9. The third-order valence-electron chi connectivity index (χ3n) is 9.84. The standard InChI is InChI=1S/C25H21ClN4O3S.C16H15N3S.2CH4/c1-14-28-29-25(34-13-23(31)27-21-10-8-16(24(32)33)12-20(21)26)30(14)22-11-9-17(15-6-7-15)18-4-2-3-5-19(18)22;1-10-17-18-16(20)19(10)15-9-8-12(11-6-7-11)13-4-2-3-5-14(13)15;;/h2-5,8-12,15H,6-7,13H2,1H3,(H,27,31)(H,32,33);2-5,8-9,11H,6-7H2,1H3,(H,18,20);2*1H4. The van der Waals surface area contributed by atoms with Crippen molar-refractivity contribution in [2.75, 3.05) is 11.1 Å². The summed E-state index contributed by atoms with van der Waals surface area (Å²) in [6.45, 7) is 3.86. The number of hydrogen-bond acceptors (Lipinski definition) is 7. The Kier molecular flexibility index (Phi) is 12.1. The molecule has 2 aliphatic carbocycles. The van der Waals surface area contributed by atoms with E-state index in [1.165, 1.54) is 82.9 Å². The van der Waals surface area contributed by atoms with Gasteiger partial charge in [-0.25, -0.2) is 4.79 Å². The number of carbonyl (C=O) groups is 2. The van der Waals surface area contributed by atoms with Crippen LogP contribution in [0.3, 0.4) is 0 Å². The molecule has 0 unspecified atom stereocenters. The minimum absolute atomic E-state index is 0. The number of carboxylic acid groups (broad SMARTS) is 1. The number of nitrogens with zero attached hydrogens (tertiary/aromatic N) is 5. The van der Waals surface area contributed by atoms with Gasteiger partial charge in [0.25, 0.3) is 0 Å². The molecular formula is C43H44ClN7O3S2. The second-order valence-electron chi connectivity index (χ2n) is 13.6. The Balaban J connectivity index is 0.000000206. The van der Waals surface area contributed by atoms with Gasteiger partial charge in [-0.15, -0.1) is 10.2 Å². The van der Waals surface area contributed by atoms with Crippen LogP contribution < -0.4 is 5.32 Å². The quantitative estimate of drug-likeness (QED) is 0.0971. The number of thioether (sulfide) groups is 1. The molecule has 2 aliphatic rings. The number of aromatic carboxylic acids is 1. The summed E-state index contributed by atoms with van der Waals surface area (Å²) < 4.78 is 4.63. The average molecular weight is 806 g/mol. The third kappa shape index (κ3) is 8.14. The molecule has 7 aromatic rings. The fourth-order valence-corrected chi connectivity index (χ4v) is 8.24. The minimum atomic E-state index is -1.08. The van der Waals surface area contributed by atoms with Crippen LogP contribution in [0.1, 0.15) is 85.5 Å². The van der Waals surface area contributed by atoms with Crippen molar-refractivity contribution in [1.29, 1.82) is 0 Å². The number of carbonyl (C=O) groups excluding carboxylic acids is 1. The van der Waals surface area contributed by atoms with Gasteiger partial charge in [-0.1, -0.05) is 98.9 Å². The molecule has 0 saturated heterocycles. The molecule has 2 heterocycles. The van der Waals surface area contributed by atoms with Crippen molar-refractivity contribution in [2.45, 2.75) is 71.4 Å². The summed E-state index contributed by atoms with van der Waals surface area (Å²) >= 11 is 12.8. The van der Waals surface area contributed by atoms with Gasteiger partial charge in [-0.2, -0.15) is 5.10 Å². The van der Waals surface area contributed by atoms with E-state index < -0.39 is 5.97 Å². The minimum Gasteiger partial charge on any atom is -0.478 e. The molecule has 288 valence electrons. The number of carboxylic acids is 1. The predicted molar refractivity (Wildman–Crippen MR) is 230 cm³/mol. The van der Waals surface area contributed by atoms with E-state index in [0.29, 0.717) is 21.5 Å². The number of aromatic nitrogens is 6. The van der Waals surface area contributed by atoms with Gasteiger partial charge in [0.15, 0.2) is 9.93 Å². The number of amides is 1. The summed E-state index contributed by atoms with van der Waals surface area (Å²) in [5, 5.41) is 33.2. The van der Waals surface area contributed by atoms with E-state index in [9.17, 15) is 9.59 Å². The molecule has 56 heavy (non-hydrogen) atoms. The molecule has 0 spiro atoms. The van der Waals surface area contributed by atoms with E-state index in [2.05, 4.69) is 92.4 Å². The Labute approximate surface area is 340 Å². The second kappa shape index (κ2) is 16.8. The number of anilines is 1. The first-order valence-corrected chi connectivity index (χ1v) is 19.5. The highest BCUT2D eigenvalue weighted by molar-refractivity contribution is 7.99. The Bertz CT molecular complexity index is 2640. The van der Waals surface area contributed by atoms with Gasteiger partial charge in [-0.05, 0) is 116 Å². The first kappa shape index (κ1) is 40.4. The molecule has 0 radical (unpaired) electrons. The SMILES string of the molecule is C.C.Cc1n[nH]c(=S)n1-c1ccc(C2CC2)c2ccccc12.Cc1nnc(SCC(=O)Nc2ccc(C(=O)O)cc2Cl)n1-c1ccc(C2CC2)c2ccccc12. The molecule has 2 aromatic heterocycles. The van der Waals surface area contributed by atoms with Crippen LogP contribution in [0.2, 0.25) is 5.02 Å². The molecule has 3 N–H and O–H groups in total. The predicted octanol–water partition coefficient (Wildman–Crippen LogP) is 11.2. The van der Waals surface area contributed by atoms with E-state index in [0.717, 1.165) is 34.3 Å². The molecule has 0 aliphatic heterocycles. The van der Waals surface area contributed by atoms with Crippen LogP contribution in [0.5, 0.6) is 0 Å². The summed E-state index contributed by atoms with van der Waals surface area (Å²) in [4.78, 5) is 23.7. The summed E-state index contributed by atoms with van der Waals surface area (Å²) in [5.74, 6) is 1.73. The zero-order chi connectivity index (χ0) is 37.5. The number of rotatable bonds is 9. The average Bonchev–Trinajstić information content (AvgIpc) is 4.12. The van der Waals surface area contributed by atoms with E-state index in [-0.39, 0.29) is 37.1 Å². The highest BCUT2D eigenvalue weighted by Crippen LogP contribution is 2.45. The number of benzene rings is 5. The largest absolute Gasteiger partial charge is 0.478 e. The molecule has 1 amide bonds. The van der Waals surface area contributed by atoms with Gasteiger partial charge in [0.1, 0.15) is 11.6 Å². The molecule has 5 aromatic carbocycles. The first-order chi connectivity index (χ1) is 26.2. The molecule has 13 heteroatoms. The maximum absolute atomic E-state index is 12.6. The van der Waals surface area contributed by atoms with E-state index in [4.69, 9.17) is 28.9 Å². The lowest BCUT2D eigenvalue weighted by atomic mass is 9.99. The van der Waals surface area contributed by atoms with Crippen LogP contribution in [0.15, 0.2) is 96.2 Å². The monoisotopic (exact) mass is 805 g/mol. The topological polar surface area (TPSA) is 131 Å². The maximum atomic E-state index is 12.6. The Hall–Kier alpha value is -5.30. The fraction of sp³-hybridized carbons (Fsp3) is 0.256. The van der Waals surface area contributed by atoms with Crippen LogP contribution in [-0.2, 0) is 4.79 Å². The van der Waals surface area contributed by atoms with E-state index >= 15 is 0 Å². The van der Waals surface area contributed by atoms with Crippen molar-refractivity contribution in [3.8, 4) is 11.4 Å². The summed E-state index contributed by atoms with van der Waals surface area (Å²) in [6.07, 6.45) is 5.09. The Morgan fingerprint density at radius 2 is 1.36 bits per heavy atom. The van der Waals surface area contributed by atoms with Crippen LogP contribution >= 0.6 is 35.6 Å². The number of aromatic amines is 1. The third-order valence-corrected chi connectivity index (χ3v) is 11.4. The first-order valence-electron chi connectivity index (χ1n) is 17.7.